The molecule has 26 heavy (non-hydrogen) atoms. The normalized spacial score (nSPS) is 14.1. The van der Waals surface area contributed by atoms with E-state index in [4.69, 9.17) is 0 Å². The number of imidazole rings is 1. The van der Waals surface area contributed by atoms with Crippen LogP contribution in [0.1, 0.15) is 33.9 Å². The lowest BCUT2D eigenvalue weighted by Crippen LogP contribution is -2.28. The van der Waals surface area contributed by atoms with E-state index in [2.05, 4.69) is 9.97 Å². The van der Waals surface area contributed by atoms with Gasteiger partial charge < -0.3 is 9.88 Å². The molecule has 0 atom stereocenters. The van der Waals surface area contributed by atoms with Gasteiger partial charge in [-0.3, -0.25) is 9.36 Å². The number of H-pyrrole nitrogens is 1. The maximum absolute atomic E-state index is 12.7. The highest BCUT2D eigenvalue weighted by Gasteiger charge is 2.24. The van der Waals surface area contributed by atoms with E-state index < -0.39 is 0 Å². The maximum atomic E-state index is 12.7. The molecule has 3 aromatic rings. The molecule has 1 saturated carbocycles. The molecule has 1 aliphatic rings. The molecule has 2 aromatic heterocycles. The van der Waals surface area contributed by atoms with Crippen molar-refractivity contribution in [1.82, 2.24) is 19.4 Å². The zero-order chi connectivity index (χ0) is 18.3. The van der Waals surface area contributed by atoms with E-state index in [-0.39, 0.29) is 11.6 Å². The predicted octanol–water partition coefficient (Wildman–Crippen LogP) is 2.82. The Morgan fingerprint density at radius 1 is 1.42 bits per heavy atom. The summed E-state index contributed by atoms with van der Waals surface area (Å²) in [4.78, 5) is 33.9. The molecule has 6 nitrogen and oxygen atoms in total. The zero-order valence-corrected chi connectivity index (χ0v) is 15.8. The van der Waals surface area contributed by atoms with Crippen molar-refractivity contribution < 1.29 is 4.79 Å². The molecule has 7 heteroatoms. The number of benzene rings is 1. The van der Waals surface area contributed by atoms with E-state index >= 15 is 0 Å². The smallest absolute Gasteiger partial charge is 0.326 e. The molecule has 1 aromatic carbocycles. The second-order valence-corrected chi connectivity index (χ2v) is 8.02. The number of carbonyl (C=O) groups excluding carboxylic acids is 1. The van der Waals surface area contributed by atoms with Crippen LogP contribution in [0.5, 0.6) is 0 Å². The van der Waals surface area contributed by atoms with Gasteiger partial charge in [-0.15, -0.1) is 11.3 Å². The summed E-state index contributed by atoms with van der Waals surface area (Å²) in [6.07, 6.45) is 3.13. The molecule has 0 aliphatic heterocycles. The third-order valence-electron chi connectivity index (χ3n) is 4.83. The number of carbonyl (C=O) groups is 1. The minimum Gasteiger partial charge on any atom is -0.341 e. The van der Waals surface area contributed by atoms with E-state index in [0.29, 0.717) is 18.0 Å². The van der Waals surface area contributed by atoms with Crippen molar-refractivity contribution in [2.24, 2.45) is 5.92 Å². The molecule has 0 radical (unpaired) electrons. The molecular formula is C19H22N4O2S. The highest BCUT2D eigenvalue weighted by Crippen LogP contribution is 2.31. The number of aromatic amines is 1. The standard InChI is InChI=1S/C19H22N4O2S/c1-12-11-26-17(20-12)7-8-22(2)18(24)14-5-6-16-15(9-14)21-19(25)23(16)10-13-3-4-13/h5-6,9,11,13H,3-4,7-8,10H2,1-2H3,(H,21,25). The fourth-order valence-electron chi connectivity index (χ4n) is 3.14. The maximum Gasteiger partial charge on any atom is 0.326 e. The van der Waals surface area contributed by atoms with E-state index in [1.54, 1.807) is 33.9 Å². The third-order valence-corrected chi connectivity index (χ3v) is 5.86. The molecule has 2 heterocycles. The minimum atomic E-state index is -0.0935. The number of amides is 1. The summed E-state index contributed by atoms with van der Waals surface area (Å²) in [6, 6.07) is 5.47. The Morgan fingerprint density at radius 2 is 2.23 bits per heavy atom. The number of likely N-dealkylation sites (N-methyl/N-ethyl adjacent to an activating group) is 1. The number of aromatic nitrogens is 3. The molecular weight excluding hydrogens is 348 g/mol. The molecule has 0 spiro atoms. The first kappa shape index (κ1) is 17.0. The Labute approximate surface area is 155 Å². The minimum absolute atomic E-state index is 0.0454. The van der Waals surface area contributed by atoms with Gasteiger partial charge in [0.1, 0.15) is 0 Å². The molecule has 1 fully saturated rings. The first-order valence-electron chi connectivity index (χ1n) is 8.90. The summed E-state index contributed by atoms with van der Waals surface area (Å²) in [5.41, 5.74) is 3.12. The number of hydrogen-bond acceptors (Lipinski definition) is 4. The highest BCUT2D eigenvalue weighted by molar-refractivity contribution is 7.09. The molecule has 1 amide bonds. The van der Waals surface area contributed by atoms with Crippen LogP contribution in [0.2, 0.25) is 0 Å². The molecule has 0 bridgehead atoms. The van der Waals surface area contributed by atoms with E-state index in [1.807, 2.05) is 24.4 Å². The second-order valence-electron chi connectivity index (χ2n) is 7.08. The Morgan fingerprint density at radius 3 is 2.92 bits per heavy atom. The predicted molar refractivity (Wildman–Crippen MR) is 103 cm³/mol. The number of rotatable bonds is 6. The number of nitrogens with one attached hydrogen (secondary N) is 1. The van der Waals surface area contributed by atoms with E-state index in [0.717, 1.165) is 34.7 Å². The number of fused-ring (bicyclic) bond motifs is 1. The van der Waals surface area contributed by atoms with Gasteiger partial charge in [-0.2, -0.15) is 0 Å². The lowest BCUT2D eigenvalue weighted by Gasteiger charge is -2.16. The Hall–Kier alpha value is -2.41. The molecule has 0 saturated heterocycles. The number of aryl methyl sites for hydroxylation is 1. The van der Waals surface area contributed by atoms with Crippen LogP contribution >= 0.6 is 11.3 Å². The van der Waals surface area contributed by atoms with Gasteiger partial charge in [0, 0.05) is 43.2 Å². The average Bonchev–Trinajstić information content (AvgIpc) is 3.27. The number of nitrogens with zero attached hydrogens (tertiary/aromatic N) is 3. The lowest BCUT2D eigenvalue weighted by atomic mass is 10.1. The summed E-state index contributed by atoms with van der Waals surface area (Å²) >= 11 is 1.62. The summed E-state index contributed by atoms with van der Waals surface area (Å²) in [7, 11) is 1.80. The summed E-state index contributed by atoms with van der Waals surface area (Å²) in [5.74, 6) is 0.574. The first-order chi connectivity index (χ1) is 12.5. The van der Waals surface area contributed by atoms with Crippen LogP contribution in [0.25, 0.3) is 11.0 Å². The quantitative estimate of drug-likeness (QED) is 0.725. The van der Waals surface area contributed by atoms with Crippen LogP contribution in [-0.2, 0) is 13.0 Å². The average molecular weight is 370 g/mol. The summed E-state index contributed by atoms with van der Waals surface area (Å²) in [6.45, 7) is 3.35. The molecule has 136 valence electrons. The van der Waals surface area contributed by atoms with Crippen molar-refractivity contribution in [3.63, 3.8) is 0 Å². The van der Waals surface area contributed by atoms with Gasteiger partial charge in [0.2, 0.25) is 0 Å². The number of hydrogen-bond donors (Lipinski definition) is 1. The molecule has 1 aliphatic carbocycles. The topological polar surface area (TPSA) is 71.0 Å². The SMILES string of the molecule is Cc1csc(CCN(C)C(=O)c2ccc3c(c2)[nH]c(=O)n3CC2CC2)n1. The summed E-state index contributed by atoms with van der Waals surface area (Å²) in [5, 5.41) is 3.06. The first-order valence-corrected chi connectivity index (χ1v) is 9.78. The largest absolute Gasteiger partial charge is 0.341 e. The van der Waals surface area contributed by atoms with Crippen LogP contribution in [0.3, 0.4) is 0 Å². The molecule has 1 N–H and O–H groups in total. The lowest BCUT2D eigenvalue weighted by molar-refractivity contribution is 0.0797. The van der Waals surface area contributed by atoms with Gasteiger partial charge in [-0.1, -0.05) is 0 Å². The van der Waals surface area contributed by atoms with Crippen molar-refractivity contribution in [2.75, 3.05) is 13.6 Å². The van der Waals surface area contributed by atoms with Gasteiger partial charge in [0.15, 0.2) is 0 Å². The van der Waals surface area contributed by atoms with Gasteiger partial charge in [0.05, 0.1) is 16.0 Å². The second kappa shape index (κ2) is 6.72. The molecule has 0 unspecified atom stereocenters. The number of thiazole rings is 1. The Kier molecular flexibility index (Phi) is 4.40. The van der Waals surface area contributed by atoms with Crippen LogP contribution in [0.4, 0.5) is 0 Å². The van der Waals surface area contributed by atoms with Gasteiger partial charge in [-0.25, -0.2) is 9.78 Å². The van der Waals surface area contributed by atoms with Crippen molar-refractivity contribution in [1.29, 1.82) is 0 Å². The van der Waals surface area contributed by atoms with Crippen LogP contribution in [0, 0.1) is 12.8 Å². The van der Waals surface area contributed by atoms with E-state index in [9.17, 15) is 9.59 Å². The van der Waals surface area contributed by atoms with Gasteiger partial charge in [0.25, 0.3) is 5.91 Å². The van der Waals surface area contributed by atoms with Gasteiger partial charge >= 0.3 is 5.69 Å². The third kappa shape index (κ3) is 3.44. The molecule has 4 rings (SSSR count). The zero-order valence-electron chi connectivity index (χ0n) is 15.0. The van der Waals surface area contributed by atoms with Crippen LogP contribution < -0.4 is 5.69 Å². The highest BCUT2D eigenvalue weighted by atomic mass is 32.1. The van der Waals surface area contributed by atoms with Crippen LogP contribution in [-0.4, -0.2) is 38.9 Å². The van der Waals surface area contributed by atoms with E-state index in [1.165, 1.54) is 12.8 Å². The Bertz CT molecular complexity index is 1010. The van der Waals surface area contributed by atoms with Crippen molar-refractivity contribution in [2.45, 2.75) is 32.7 Å². The fraction of sp³-hybridized carbons (Fsp3) is 0.421. The fourth-order valence-corrected chi connectivity index (χ4v) is 3.90. The monoisotopic (exact) mass is 370 g/mol. The van der Waals surface area contributed by atoms with Crippen molar-refractivity contribution in [3.05, 3.63) is 50.3 Å². The van der Waals surface area contributed by atoms with Crippen molar-refractivity contribution >= 4 is 28.3 Å². The van der Waals surface area contributed by atoms with Crippen molar-refractivity contribution in [3.8, 4) is 0 Å². The summed E-state index contributed by atoms with van der Waals surface area (Å²) < 4.78 is 1.79. The van der Waals surface area contributed by atoms with Gasteiger partial charge in [-0.05, 0) is 43.9 Å². The van der Waals surface area contributed by atoms with Crippen LogP contribution in [0.15, 0.2) is 28.4 Å². The Balaban J connectivity index is 1.49.